The summed E-state index contributed by atoms with van der Waals surface area (Å²) in [5, 5.41) is 2.38. The number of nitrogens with zero attached hydrogens (tertiary/aromatic N) is 3. The van der Waals surface area contributed by atoms with Gasteiger partial charge in [-0.2, -0.15) is 0 Å². The highest BCUT2D eigenvalue weighted by Crippen LogP contribution is 2.20. The van der Waals surface area contributed by atoms with Crippen LogP contribution < -0.4 is 5.73 Å². The predicted molar refractivity (Wildman–Crippen MR) is 73.5 cm³/mol. The fraction of sp³-hybridized carbons (Fsp3) is 0.667. The molecule has 0 spiro atoms. The number of thiazole rings is 1. The first-order valence-electron chi connectivity index (χ1n) is 6.07. The number of carbonyl (C=O) groups excluding carboxylic acids is 1. The van der Waals surface area contributed by atoms with E-state index in [0.717, 1.165) is 25.3 Å². The molecule has 0 aromatic carbocycles. The molecule has 0 atom stereocenters. The Balaban J connectivity index is 1.98. The summed E-state index contributed by atoms with van der Waals surface area (Å²) in [4.78, 5) is 20.6. The minimum atomic E-state index is 0.0367. The Morgan fingerprint density at radius 2 is 2.28 bits per heavy atom. The second-order valence-corrected chi connectivity index (χ2v) is 6.29. The molecule has 1 aromatic heterocycles. The van der Waals surface area contributed by atoms with Crippen LogP contribution in [0, 0.1) is 0 Å². The van der Waals surface area contributed by atoms with E-state index in [4.69, 9.17) is 5.73 Å². The Labute approximate surface area is 112 Å². The van der Waals surface area contributed by atoms with Crippen molar-refractivity contribution in [3.8, 4) is 0 Å². The molecule has 1 aliphatic heterocycles. The summed E-state index contributed by atoms with van der Waals surface area (Å²) in [6.45, 7) is 6.79. The number of anilines is 1. The molecule has 0 bridgehead atoms. The average molecular weight is 268 g/mol. The number of amides is 1. The number of hydrogen-bond donors (Lipinski definition) is 1. The third-order valence-corrected chi connectivity index (χ3v) is 4.29. The van der Waals surface area contributed by atoms with Crippen LogP contribution >= 0.6 is 11.3 Å². The van der Waals surface area contributed by atoms with Crippen LogP contribution in [0.5, 0.6) is 0 Å². The Kier molecular flexibility index (Phi) is 3.59. The van der Waals surface area contributed by atoms with Gasteiger partial charge in [0.05, 0.1) is 12.1 Å². The van der Waals surface area contributed by atoms with Crippen LogP contribution in [0.1, 0.15) is 19.5 Å². The normalized spacial score (nSPS) is 20.1. The van der Waals surface area contributed by atoms with Crippen molar-refractivity contribution in [1.82, 2.24) is 14.8 Å². The Bertz CT molecular complexity index is 443. The number of likely N-dealkylation sites (N-methyl/N-ethyl adjacent to an activating group) is 1. The van der Waals surface area contributed by atoms with E-state index in [1.54, 1.807) is 0 Å². The third-order valence-electron chi connectivity index (χ3n) is 3.57. The standard InChI is InChI=1S/C12H20N4OS/c1-12(2)8-16(5-4-15(12)3)10(17)6-9-7-18-11(13)14-9/h7H,4-6,8H2,1-3H3,(H2,13,14). The molecule has 2 heterocycles. The summed E-state index contributed by atoms with van der Waals surface area (Å²) in [6, 6.07) is 0. The van der Waals surface area contributed by atoms with Crippen molar-refractivity contribution in [2.45, 2.75) is 25.8 Å². The molecule has 2 rings (SSSR count). The van der Waals surface area contributed by atoms with Crippen molar-refractivity contribution < 1.29 is 4.79 Å². The number of carbonyl (C=O) groups is 1. The zero-order valence-corrected chi connectivity index (χ0v) is 12.0. The summed E-state index contributed by atoms with van der Waals surface area (Å²) in [5.74, 6) is 0.140. The quantitative estimate of drug-likeness (QED) is 0.862. The van der Waals surface area contributed by atoms with Crippen molar-refractivity contribution in [1.29, 1.82) is 0 Å². The van der Waals surface area contributed by atoms with Crippen LogP contribution in [0.3, 0.4) is 0 Å². The number of hydrogen-bond acceptors (Lipinski definition) is 5. The highest BCUT2D eigenvalue weighted by Gasteiger charge is 2.33. The van der Waals surface area contributed by atoms with Crippen molar-refractivity contribution in [3.63, 3.8) is 0 Å². The van der Waals surface area contributed by atoms with Crippen LogP contribution in [0.2, 0.25) is 0 Å². The average Bonchev–Trinajstić information content (AvgIpc) is 2.68. The maximum Gasteiger partial charge on any atom is 0.228 e. The van der Waals surface area contributed by atoms with E-state index < -0.39 is 0 Å². The van der Waals surface area contributed by atoms with Gasteiger partial charge in [-0.3, -0.25) is 9.69 Å². The fourth-order valence-electron chi connectivity index (χ4n) is 2.12. The number of piperazine rings is 1. The molecule has 0 saturated carbocycles. The second kappa shape index (κ2) is 4.85. The van der Waals surface area contributed by atoms with Gasteiger partial charge in [-0.05, 0) is 20.9 Å². The van der Waals surface area contributed by atoms with E-state index in [1.165, 1.54) is 11.3 Å². The van der Waals surface area contributed by atoms with E-state index in [0.29, 0.717) is 11.6 Å². The number of nitrogen functional groups attached to an aromatic ring is 1. The first kappa shape index (κ1) is 13.3. The molecular weight excluding hydrogens is 248 g/mol. The maximum atomic E-state index is 12.2. The van der Waals surface area contributed by atoms with Gasteiger partial charge in [0.2, 0.25) is 5.91 Å². The molecule has 100 valence electrons. The molecule has 5 nitrogen and oxygen atoms in total. The zero-order valence-electron chi connectivity index (χ0n) is 11.1. The molecule has 0 aliphatic carbocycles. The van der Waals surface area contributed by atoms with Gasteiger partial charge in [-0.25, -0.2) is 4.98 Å². The molecule has 1 aliphatic rings. The smallest absolute Gasteiger partial charge is 0.228 e. The molecule has 18 heavy (non-hydrogen) atoms. The fourth-order valence-corrected chi connectivity index (χ4v) is 2.69. The van der Waals surface area contributed by atoms with Crippen LogP contribution in [-0.4, -0.2) is 52.9 Å². The Hall–Kier alpha value is -1.14. The number of rotatable bonds is 2. The van der Waals surface area contributed by atoms with Gasteiger partial charge in [0.15, 0.2) is 5.13 Å². The van der Waals surface area contributed by atoms with Gasteiger partial charge in [0.1, 0.15) is 0 Å². The maximum absolute atomic E-state index is 12.2. The van der Waals surface area contributed by atoms with Crippen molar-refractivity contribution in [2.24, 2.45) is 0 Å². The number of aromatic nitrogens is 1. The van der Waals surface area contributed by atoms with Gasteiger partial charge in [0.25, 0.3) is 0 Å². The van der Waals surface area contributed by atoms with Crippen LogP contribution in [0.15, 0.2) is 5.38 Å². The molecule has 1 fully saturated rings. The van der Waals surface area contributed by atoms with Gasteiger partial charge in [-0.1, -0.05) is 0 Å². The predicted octanol–water partition coefficient (Wildman–Crippen LogP) is 0.820. The zero-order chi connectivity index (χ0) is 13.3. The van der Waals surface area contributed by atoms with Gasteiger partial charge in [-0.15, -0.1) is 11.3 Å². The molecule has 1 aromatic rings. The van der Waals surface area contributed by atoms with Gasteiger partial charge < -0.3 is 10.6 Å². The SMILES string of the molecule is CN1CCN(C(=O)Cc2csc(N)n2)CC1(C)C. The second-order valence-electron chi connectivity index (χ2n) is 5.40. The molecule has 6 heteroatoms. The van der Waals surface area contributed by atoms with Crippen LogP contribution in [0.4, 0.5) is 5.13 Å². The molecule has 2 N–H and O–H groups in total. The summed E-state index contributed by atoms with van der Waals surface area (Å²) in [6.07, 6.45) is 0.355. The van der Waals surface area contributed by atoms with Crippen molar-refractivity contribution >= 4 is 22.4 Å². The van der Waals surface area contributed by atoms with E-state index in [2.05, 4.69) is 30.8 Å². The molecule has 0 unspecified atom stereocenters. The lowest BCUT2D eigenvalue weighted by molar-refractivity contribution is -0.135. The lowest BCUT2D eigenvalue weighted by atomic mass is 9.99. The summed E-state index contributed by atoms with van der Waals surface area (Å²) in [7, 11) is 2.10. The summed E-state index contributed by atoms with van der Waals surface area (Å²) in [5.41, 5.74) is 6.38. The Morgan fingerprint density at radius 3 is 2.83 bits per heavy atom. The number of nitrogens with two attached hydrogens (primary N) is 1. The van der Waals surface area contributed by atoms with Crippen LogP contribution in [-0.2, 0) is 11.2 Å². The molecular formula is C12H20N4OS. The van der Waals surface area contributed by atoms with Crippen molar-refractivity contribution in [2.75, 3.05) is 32.4 Å². The highest BCUT2D eigenvalue weighted by molar-refractivity contribution is 7.13. The van der Waals surface area contributed by atoms with Crippen molar-refractivity contribution in [3.05, 3.63) is 11.1 Å². The van der Waals surface area contributed by atoms with E-state index in [9.17, 15) is 4.79 Å². The van der Waals surface area contributed by atoms with Gasteiger partial charge >= 0.3 is 0 Å². The molecule has 1 saturated heterocycles. The Morgan fingerprint density at radius 1 is 1.56 bits per heavy atom. The van der Waals surface area contributed by atoms with E-state index >= 15 is 0 Å². The minimum Gasteiger partial charge on any atom is -0.375 e. The third kappa shape index (κ3) is 2.81. The highest BCUT2D eigenvalue weighted by atomic mass is 32.1. The molecule has 1 amide bonds. The van der Waals surface area contributed by atoms with Gasteiger partial charge in [0, 0.05) is 30.6 Å². The first-order valence-corrected chi connectivity index (χ1v) is 6.95. The lowest BCUT2D eigenvalue weighted by Crippen LogP contribution is -2.59. The topological polar surface area (TPSA) is 62.5 Å². The van der Waals surface area contributed by atoms with E-state index in [1.807, 2.05) is 10.3 Å². The minimum absolute atomic E-state index is 0.0367. The monoisotopic (exact) mass is 268 g/mol. The van der Waals surface area contributed by atoms with Crippen LogP contribution in [0.25, 0.3) is 0 Å². The first-order chi connectivity index (χ1) is 8.38. The molecule has 0 radical (unpaired) electrons. The summed E-state index contributed by atoms with van der Waals surface area (Å²) < 4.78 is 0. The summed E-state index contributed by atoms with van der Waals surface area (Å²) >= 11 is 1.38. The lowest BCUT2D eigenvalue weighted by Gasteiger charge is -2.45. The largest absolute Gasteiger partial charge is 0.375 e. The van der Waals surface area contributed by atoms with E-state index in [-0.39, 0.29) is 11.4 Å².